The number of rotatable bonds is 6. The first-order valence-electron chi connectivity index (χ1n) is 5.00. The molecule has 16 heteroatoms. The van der Waals surface area contributed by atoms with Gasteiger partial charge in [0.05, 0.1) is 6.61 Å². The molecule has 0 aromatic heterocycles. The molecule has 0 saturated carbocycles. The molecule has 0 aliphatic carbocycles. The van der Waals surface area contributed by atoms with Gasteiger partial charge in [-0.3, -0.25) is 13.6 Å². The molecule has 1 fully saturated rings. The third-order valence-corrected chi connectivity index (χ3v) is 3.43. The van der Waals surface area contributed by atoms with Crippen LogP contribution in [0.3, 0.4) is 0 Å². The molecule has 0 amide bonds. The van der Waals surface area contributed by atoms with Crippen LogP contribution in [0.2, 0.25) is 0 Å². The van der Waals surface area contributed by atoms with E-state index < -0.39 is 53.0 Å². The predicted molar refractivity (Wildman–Crippen MR) is 59.2 cm³/mol. The van der Waals surface area contributed by atoms with E-state index in [9.17, 15) is 24.2 Å². The molecule has 1 saturated heterocycles. The monoisotopic (exact) mass is 380 g/mol. The first-order valence-corrected chi connectivity index (χ1v) is 8.02. The van der Waals surface area contributed by atoms with E-state index in [2.05, 4.69) is 9.05 Å². The fraction of sp³-hybridized carbons (Fsp3) is 1.00. The van der Waals surface area contributed by atoms with Gasteiger partial charge in [0.1, 0.15) is 24.9 Å². The molecule has 22 heavy (non-hydrogen) atoms. The van der Waals surface area contributed by atoms with Crippen molar-refractivity contribution in [2.24, 2.45) is 0 Å². The minimum absolute atomic E-state index is 0. The Morgan fingerprint density at radius 1 is 1.23 bits per heavy atom. The van der Waals surface area contributed by atoms with Crippen LogP contribution in [0.15, 0.2) is 0 Å². The first kappa shape index (κ1) is 25.3. The minimum atomic E-state index is -5.44. The second-order valence-corrected chi connectivity index (χ2v) is 6.27. The van der Waals surface area contributed by atoms with Crippen LogP contribution in [0.1, 0.15) is 0 Å². The van der Waals surface area contributed by atoms with Crippen LogP contribution >= 0.6 is 15.6 Å². The average molecular weight is 380 g/mol. The van der Waals surface area contributed by atoms with Crippen LogP contribution in [0.25, 0.3) is 0 Å². The van der Waals surface area contributed by atoms with Crippen molar-refractivity contribution in [3.8, 4) is 0 Å². The molecule has 5 atom stereocenters. The van der Waals surface area contributed by atoms with Gasteiger partial charge < -0.3 is 45.1 Å². The summed E-state index contributed by atoms with van der Waals surface area (Å²) in [5, 5.41) is 28.2. The standard InChI is InChI=1S/C6H14O12P2.Na.H2O/c7-2-6(18-20(13,14)15)5(9)4(8)3(17-6)1-16-19(10,11)12;;/h3-5,7-9H,1-2H2,(H2,10,11,12)(H2,13,14,15);;1H2/q;+1;/p-1/t3?,4?,5?,6-;;/m0../s1. The number of ether oxygens (including phenoxy) is 1. The molecule has 8 N–H and O–H groups in total. The summed E-state index contributed by atoms with van der Waals surface area (Å²) in [6.07, 6.45) is -5.62. The topological polar surface area (TPSA) is 238 Å². The quantitative estimate of drug-likeness (QED) is 0.186. The summed E-state index contributed by atoms with van der Waals surface area (Å²) in [7, 11) is -10.3. The molecule has 1 heterocycles. The molecule has 0 aromatic rings. The van der Waals surface area contributed by atoms with Crippen LogP contribution in [-0.4, -0.2) is 72.8 Å². The van der Waals surface area contributed by atoms with E-state index in [-0.39, 0.29) is 35.0 Å². The molecule has 0 radical (unpaired) electrons. The molecule has 0 bridgehead atoms. The molecule has 13 nitrogen and oxygen atoms in total. The Hall–Kier alpha value is 1.02. The predicted octanol–water partition coefficient (Wildman–Crippen LogP) is -7.44. The third kappa shape index (κ3) is 6.87. The number of hydrogen-bond acceptors (Lipinski definition) is 9. The third-order valence-electron chi connectivity index (χ3n) is 2.40. The number of hydrogen-bond donors (Lipinski definition) is 6. The maximum Gasteiger partial charge on any atom is 1.00 e. The van der Waals surface area contributed by atoms with Gasteiger partial charge >= 0.3 is 37.4 Å². The van der Waals surface area contributed by atoms with E-state index in [1.54, 1.807) is 0 Å². The van der Waals surface area contributed by atoms with Crippen molar-refractivity contribution in [3.05, 3.63) is 0 Å². The van der Waals surface area contributed by atoms with Crippen LogP contribution in [0.5, 0.6) is 0 Å². The Morgan fingerprint density at radius 2 is 1.73 bits per heavy atom. The van der Waals surface area contributed by atoms with E-state index in [1.807, 2.05) is 0 Å². The van der Waals surface area contributed by atoms with Gasteiger partial charge in [0, 0.05) is 0 Å². The Labute approximate surface area is 145 Å². The van der Waals surface area contributed by atoms with Crippen molar-refractivity contribution in [2.75, 3.05) is 13.2 Å². The number of phosphoric acid groups is 2. The molecule has 4 unspecified atom stereocenters. The molecule has 128 valence electrons. The van der Waals surface area contributed by atoms with Gasteiger partial charge in [-0.1, -0.05) is 0 Å². The van der Waals surface area contributed by atoms with Gasteiger partial charge in [0.25, 0.3) is 7.82 Å². The zero-order valence-electron chi connectivity index (χ0n) is 11.2. The summed E-state index contributed by atoms with van der Waals surface area (Å²) in [6, 6.07) is 0. The Balaban J connectivity index is 0. The molecular weight excluding hydrogens is 365 g/mol. The first-order chi connectivity index (χ1) is 8.90. The Bertz CT molecular complexity index is 434. The molecular formula is C6H15NaO13P2. The van der Waals surface area contributed by atoms with Gasteiger partial charge in [0.15, 0.2) is 0 Å². The summed E-state index contributed by atoms with van der Waals surface area (Å²) >= 11 is 0. The van der Waals surface area contributed by atoms with Crippen molar-refractivity contribution < 1.29 is 92.8 Å². The molecule has 0 spiro atoms. The summed E-state index contributed by atoms with van der Waals surface area (Å²) in [4.78, 5) is 36.2. The molecule has 1 aliphatic heterocycles. The Kier molecular flexibility index (Phi) is 10.2. The maximum absolute atomic E-state index is 10.6. The van der Waals surface area contributed by atoms with Gasteiger partial charge in [-0.25, -0.2) is 4.57 Å². The zero-order valence-corrected chi connectivity index (χ0v) is 15.0. The van der Waals surface area contributed by atoms with E-state index in [0.29, 0.717) is 0 Å². The number of aliphatic hydroxyl groups excluding tert-OH is 3. The zero-order chi connectivity index (χ0) is 15.8. The summed E-state index contributed by atoms with van der Waals surface area (Å²) in [6.45, 7) is -2.20. The van der Waals surface area contributed by atoms with E-state index in [4.69, 9.17) is 24.5 Å². The van der Waals surface area contributed by atoms with Crippen molar-refractivity contribution in [2.45, 2.75) is 24.1 Å². The van der Waals surface area contributed by atoms with Crippen LogP contribution < -0.4 is 34.5 Å². The van der Waals surface area contributed by atoms with Gasteiger partial charge in [-0.05, 0) is 0 Å². The fourth-order valence-electron chi connectivity index (χ4n) is 1.59. The van der Waals surface area contributed by atoms with E-state index in [0.717, 1.165) is 0 Å². The van der Waals surface area contributed by atoms with Gasteiger partial charge in [0.2, 0.25) is 5.79 Å². The van der Waals surface area contributed by atoms with Crippen LogP contribution in [-0.2, 0) is 22.9 Å². The number of aliphatic hydroxyl groups is 3. The molecule has 1 rings (SSSR count). The summed E-state index contributed by atoms with van der Waals surface area (Å²) in [5.74, 6) is -2.70. The SMILES string of the molecule is O.O=P([O-])(O)O[C@]1(CO)OC(COP(=O)(O)O)C(O)C1O.[Na+]. The van der Waals surface area contributed by atoms with Crippen molar-refractivity contribution in [1.82, 2.24) is 0 Å². The fourth-order valence-corrected chi connectivity index (χ4v) is 2.53. The van der Waals surface area contributed by atoms with Crippen molar-refractivity contribution in [1.29, 1.82) is 0 Å². The molecule has 0 aromatic carbocycles. The summed E-state index contributed by atoms with van der Waals surface area (Å²) in [5.41, 5.74) is 0. The van der Waals surface area contributed by atoms with Crippen molar-refractivity contribution >= 4 is 15.6 Å². The smallest absolute Gasteiger partial charge is 0.756 e. The van der Waals surface area contributed by atoms with E-state index >= 15 is 0 Å². The summed E-state index contributed by atoms with van der Waals surface area (Å²) < 4.78 is 33.9. The van der Waals surface area contributed by atoms with Gasteiger partial charge in [-0.15, -0.1) is 0 Å². The number of phosphoric ester groups is 2. The normalized spacial score (nSPS) is 34.4. The maximum atomic E-state index is 10.6. The van der Waals surface area contributed by atoms with Crippen LogP contribution in [0.4, 0.5) is 0 Å². The minimum Gasteiger partial charge on any atom is -0.756 e. The largest absolute Gasteiger partial charge is 1.00 e. The van der Waals surface area contributed by atoms with Crippen molar-refractivity contribution in [3.63, 3.8) is 0 Å². The van der Waals surface area contributed by atoms with Crippen LogP contribution in [0, 0.1) is 0 Å². The second kappa shape index (κ2) is 8.92. The van der Waals surface area contributed by atoms with E-state index in [1.165, 1.54) is 0 Å². The molecule has 1 aliphatic rings. The second-order valence-electron chi connectivity index (χ2n) is 3.91. The van der Waals surface area contributed by atoms with Gasteiger partial charge in [-0.2, -0.15) is 0 Å². The average Bonchev–Trinajstić information content (AvgIpc) is 2.49. The Morgan fingerprint density at radius 3 is 2.09 bits per heavy atom.